The monoisotopic (exact) mass is 196 g/mol. The summed E-state index contributed by atoms with van der Waals surface area (Å²) < 4.78 is 13.0. The van der Waals surface area contributed by atoms with Crippen LogP contribution >= 0.6 is 0 Å². The average molecular weight is 196 g/mol. The predicted octanol–water partition coefficient (Wildman–Crippen LogP) is 1.74. The third-order valence-electron chi connectivity index (χ3n) is 2.39. The van der Waals surface area contributed by atoms with Crippen molar-refractivity contribution in [2.24, 2.45) is 5.73 Å². The molecule has 0 aromatic heterocycles. The van der Waals surface area contributed by atoms with Crippen molar-refractivity contribution in [3.63, 3.8) is 0 Å². The summed E-state index contributed by atoms with van der Waals surface area (Å²) in [5.74, 6) is -0.156. The summed E-state index contributed by atoms with van der Waals surface area (Å²) in [5, 5.41) is 3.16. The third-order valence-corrected chi connectivity index (χ3v) is 2.39. The van der Waals surface area contributed by atoms with Gasteiger partial charge in [-0.25, -0.2) is 4.39 Å². The van der Waals surface area contributed by atoms with Crippen LogP contribution in [0.1, 0.15) is 23.6 Å². The largest absolute Gasteiger partial charge is 0.330 e. The normalized spacial score (nSPS) is 12.9. The summed E-state index contributed by atoms with van der Waals surface area (Å²) in [5.41, 5.74) is 7.27. The van der Waals surface area contributed by atoms with Crippen LogP contribution in [0.2, 0.25) is 0 Å². The summed E-state index contributed by atoms with van der Waals surface area (Å²) in [7, 11) is 1.89. The molecule has 0 fully saturated rings. The van der Waals surface area contributed by atoms with Gasteiger partial charge in [0.25, 0.3) is 0 Å². The van der Waals surface area contributed by atoms with Gasteiger partial charge in [0.1, 0.15) is 5.82 Å². The SMILES string of the molecule is CNC(CCN)c1ccc(F)c(C)c1. The molecule has 3 N–H and O–H groups in total. The molecular weight excluding hydrogens is 179 g/mol. The molecule has 0 spiro atoms. The van der Waals surface area contributed by atoms with Crippen LogP contribution in [-0.2, 0) is 0 Å². The van der Waals surface area contributed by atoms with Crippen molar-refractivity contribution in [1.29, 1.82) is 0 Å². The fourth-order valence-corrected chi connectivity index (χ4v) is 1.53. The zero-order valence-electron chi connectivity index (χ0n) is 8.68. The van der Waals surface area contributed by atoms with E-state index in [0.717, 1.165) is 12.0 Å². The van der Waals surface area contributed by atoms with E-state index < -0.39 is 0 Å². The number of hydrogen-bond acceptors (Lipinski definition) is 2. The first-order chi connectivity index (χ1) is 6.69. The van der Waals surface area contributed by atoms with Gasteiger partial charge in [0, 0.05) is 6.04 Å². The van der Waals surface area contributed by atoms with Crippen molar-refractivity contribution in [2.45, 2.75) is 19.4 Å². The molecular formula is C11H17FN2. The summed E-state index contributed by atoms with van der Waals surface area (Å²) in [6, 6.07) is 5.40. The summed E-state index contributed by atoms with van der Waals surface area (Å²) in [4.78, 5) is 0. The van der Waals surface area contributed by atoms with E-state index in [4.69, 9.17) is 5.73 Å². The summed E-state index contributed by atoms with van der Waals surface area (Å²) >= 11 is 0. The number of nitrogens with one attached hydrogen (secondary N) is 1. The Hall–Kier alpha value is -0.930. The van der Waals surface area contributed by atoms with Crippen LogP contribution in [0.3, 0.4) is 0 Å². The molecule has 1 rings (SSSR count). The van der Waals surface area contributed by atoms with Crippen LogP contribution in [0.25, 0.3) is 0 Å². The van der Waals surface area contributed by atoms with E-state index >= 15 is 0 Å². The standard InChI is InChI=1S/C11H17FN2/c1-8-7-9(3-4-10(8)12)11(14-2)5-6-13/h3-4,7,11,14H,5-6,13H2,1-2H3. The third kappa shape index (κ3) is 2.53. The quantitative estimate of drug-likeness (QED) is 0.769. The predicted molar refractivity (Wildman–Crippen MR) is 56.6 cm³/mol. The fourth-order valence-electron chi connectivity index (χ4n) is 1.53. The van der Waals surface area contributed by atoms with Gasteiger partial charge in [-0.3, -0.25) is 0 Å². The molecule has 0 aliphatic heterocycles. The molecule has 0 saturated carbocycles. The highest BCUT2D eigenvalue weighted by Gasteiger charge is 2.09. The van der Waals surface area contributed by atoms with Crippen LogP contribution in [0, 0.1) is 12.7 Å². The summed E-state index contributed by atoms with van der Waals surface area (Å²) in [6.45, 7) is 2.40. The Morgan fingerprint density at radius 1 is 1.50 bits per heavy atom. The molecule has 1 unspecified atom stereocenters. The Balaban J connectivity index is 2.88. The van der Waals surface area contributed by atoms with Gasteiger partial charge >= 0.3 is 0 Å². The van der Waals surface area contributed by atoms with E-state index in [1.165, 1.54) is 6.07 Å². The lowest BCUT2D eigenvalue weighted by molar-refractivity contribution is 0.552. The molecule has 14 heavy (non-hydrogen) atoms. The smallest absolute Gasteiger partial charge is 0.126 e. The molecule has 0 heterocycles. The maximum Gasteiger partial charge on any atom is 0.126 e. The Kier molecular flexibility index (Phi) is 4.04. The van der Waals surface area contributed by atoms with Crippen molar-refractivity contribution in [1.82, 2.24) is 5.32 Å². The Morgan fingerprint density at radius 3 is 2.71 bits per heavy atom. The molecule has 0 aliphatic carbocycles. The highest BCUT2D eigenvalue weighted by Crippen LogP contribution is 2.18. The molecule has 0 bridgehead atoms. The van der Waals surface area contributed by atoms with Crippen LogP contribution in [-0.4, -0.2) is 13.6 Å². The highest BCUT2D eigenvalue weighted by atomic mass is 19.1. The second-order valence-electron chi connectivity index (χ2n) is 3.43. The number of hydrogen-bond donors (Lipinski definition) is 2. The van der Waals surface area contributed by atoms with Gasteiger partial charge in [-0.15, -0.1) is 0 Å². The van der Waals surface area contributed by atoms with Gasteiger partial charge < -0.3 is 11.1 Å². The zero-order valence-corrected chi connectivity index (χ0v) is 8.68. The summed E-state index contributed by atoms with van der Waals surface area (Å²) in [6.07, 6.45) is 0.863. The van der Waals surface area contributed by atoms with E-state index in [1.54, 1.807) is 13.0 Å². The first kappa shape index (κ1) is 11.1. The van der Waals surface area contributed by atoms with E-state index in [1.807, 2.05) is 13.1 Å². The number of aryl methyl sites for hydroxylation is 1. The highest BCUT2D eigenvalue weighted by molar-refractivity contribution is 5.26. The van der Waals surface area contributed by atoms with Crippen molar-refractivity contribution >= 4 is 0 Å². The topological polar surface area (TPSA) is 38.0 Å². The molecule has 1 atom stereocenters. The lowest BCUT2D eigenvalue weighted by Crippen LogP contribution is -2.20. The van der Waals surface area contributed by atoms with Crippen molar-refractivity contribution in [3.8, 4) is 0 Å². The molecule has 0 radical (unpaired) electrons. The number of nitrogens with two attached hydrogens (primary N) is 1. The Morgan fingerprint density at radius 2 is 2.21 bits per heavy atom. The van der Waals surface area contributed by atoms with E-state index in [9.17, 15) is 4.39 Å². The minimum atomic E-state index is -0.156. The lowest BCUT2D eigenvalue weighted by atomic mass is 10.0. The second-order valence-corrected chi connectivity index (χ2v) is 3.43. The van der Waals surface area contributed by atoms with E-state index in [2.05, 4.69) is 5.32 Å². The van der Waals surface area contributed by atoms with Gasteiger partial charge in [0.15, 0.2) is 0 Å². The second kappa shape index (κ2) is 5.08. The van der Waals surface area contributed by atoms with Crippen LogP contribution in [0.15, 0.2) is 18.2 Å². The molecule has 0 aliphatic rings. The number of benzene rings is 1. The molecule has 78 valence electrons. The molecule has 3 heteroatoms. The van der Waals surface area contributed by atoms with Gasteiger partial charge in [0.2, 0.25) is 0 Å². The van der Waals surface area contributed by atoms with Crippen LogP contribution < -0.4 is 11.1 Å². The fraction of sp³-hybridized carbons (Fsp3) is 0.455. The maximum absolute atomic E-state index is 13.0. The lowest BCUT2D eigenvalue weighted by Gasteiger charge is -2.16. The Labute approximate surface area is 84.3 Å². The van der Waals surface area contributed by atoms with Crippen molar-refractivity contribution < 1.29 is 4.39 Å². The number of halogens is 1. The molecule has 1 aromatic rings. The molecule has 0 saturated heterocycles. The van der Waals surface area contributed by atoms with Gasteiger partial charge in [-0.2, -0.15) is 0 Å². The van der Waals surface area contributed by atoms with E-state index in [0.29, 0.717) is 12.1 Å². The van der Waals surface area contributed by atoms with Crippen molar-refractivity contribution in [2.75, 3.05) is 13.6 Å². The van der Waals surface area contributed by atoms with Gasteiger partial charge in [-0.05, 0) is 44.1 Å². The first-order valence-corrected chi connectivity index (χ1v) is 4.82. The van der Waals surface area contributed by atoms with Gasteiger partial charge in [0.05, 0.1) is 0 Å². The average Bonchev–Trinajstić information content (AvgIpc) is 2.19. The molecule has 2 nitrogen and oxygen atoms in total. The maximum atomic E-state index is 13.0. The Bertz CT molecular complexity index is 299. The minimum absolute atomic E-state index is 0.156. The van der Waals surface area contributed by atoms with Crippen LogP contribution in [0.5, 0.6) is 0 Å². The van der Waals surface area contributed by atoms with Crippen LogP contribution in [0.4, 0.5) is 4.39 Å². The first-order valence-electron chi connectivity index (χ1n) is 4.82. The van der Waals surface area contributed by atoms with Crippen molar-refractivity contribution in [3.05, 3.63) is 35.1 Å². The minimum Gasteiger partial charge on any atom is -0.330 e. The zero-order chi connectivity index (χ0) is 10.6. The van der Waals surface area contributed by atoms with E-state index in [-0.39, 0.29) is 11.9 Å². The molecule has 0 amide bonds. The molecule has 1 aromatic carbocycles. The van der Waals surface area contributed by atoms with Gasteiger partial charge in [-0.1, -0.05) is 12.1 Å². The number of rotatable bonds is 4.